The lowest BCUT2D eigenvalue weighted by Crippen LogP contribution is -2.50. The Morgan fingerprint density at radius 3 is 2.95 bits per heavy atom. The van der Waals surface area contributed by atoms with Gasteiger partial charge in [-0.3, -0.25) is 9.80 Å². The number of piperidine rings is 1. The highest BCUT2D eigenvalue weighted by Crippen LogP contribution is 2.33. The van der Waals surface area contributed by atoms with E-state index in [0.717, 1.165) is 45.8 Å². The van der Waals surface area contributed by atoms with Gasteiger partial charge in [-0.15, -0.1) is 11.3 Å². The molecule has 3 atom stereocenters. The first-order valence-electron chi connectivity index (χ1n) is 7.82. The van der Waals surface area contributed by atoms with Crippen molar-refractivity contribution < 1.29 is 9.47 Å². The van der Waals surface area contributed by atoms with E-state index in [4.69, 9.17) is 9.47 Å². The molecule has 0 aliphatic carbocycles. The number of hydrogen-bond donors (Lipinski definition) is 0. The van der Waals surface area contributed by atoms with E-state index in [0.29, 0.717) is 18.1 Å². The van der Waals surface area contributed by atoms with E-state index in [2.05, 4.69) is 27.3 Å². The monoisotopic (exact) mass is 310 g/mol. The number of rotatable bonds is 6. The van der Waals surface area contributed by atoms with Gasteiger partial charge >= 0.3 is 0 Å². The van der Waals surface area contributed by atoms with E-state index >= 15 is 0 Å². The predicted octanol–water partition coefficient (Wildman–Crippen LogP) is 1.92. The highest BCUT2D eigenvalue weighted by Gasteiger charge is 2.44. The Morgan fingerprint density at radius 1 is 1.33 bits per heavy atom. The van der Waals surface area contributed by atoms with Crippen molar-refractivity contribution in [2.75, 3.05) is 47.0 Å². The van der Waals surface area contributed by atoms with Gasteiger partial charge in [0.1, 0.15) is 0 Å². The summed E-state index contributed by atoms with van der Waals surface area (Å²) in [7, 11) is 3.65. The number of hydrogen-bond acceptors (Lipinski definition) is 5. The second-order valence-corrected chi connectivity index (χ2v) is 7.13. The predicted molar refractivity (Wildman–Crippen MR) is 85.7 cm³/mol. The minimum Gasteiger partial charge on any atom is -0.383 e. The van der Waals surface area contributed by atoms with Crippen LogP contribution in [0.2, 0.25) is 0 Å². The Kier molecular flexibility index (Phi) is 5.29. The molecule has 21 heavy (non-hydrogen) atoms. The lowest BCUT2D eigenvalue weighted by Gasteiger charge is -2.41. The number of ether oxygens (including phenoxy) is 2. The van der Waals surface area contributed by atoms with Crippen LogP contribution < -0.4 is 0 Å². The van der Waals surface area contributed by atoms with Crippen molar-refractivity contribution in [3.05, 3.63) is 22.4 Å². The molecule has 0 N–H and O–H groups in total. The topological polar surface area (TPSA) is 24.9 Å². The van der Waals surface area contributed by atoms with Crippen LogP contribution in [-0.2, 0) is 16.0 Å². The zero-order chi connectivity index (χ0) is 14.7. The summed E-state index contributed by atoms with van der Waals surface area (Å²) in [6.07, 6.45) is 1.57. The number of methoxy groups -OCH3 is 2. The van der Waals surface area contributed by atoms with Gasteiger partial charge in [0.25, 0.3) is 0 Å². The quantitative estimate of drug-likeness (QED) is 0.801. The smallest absolute Gasteiger partial charge is 0.0639 e. The molecule has 4 nitrogen and oxygen atoms in total. The average Bonchev–Trinajstić information content (AvgIpc) is 3.14. The van der Waals surface area contributed by atoms with Gasteiger partial charge in [0, 0.05) is 63.8 Å². The first-order valence-corrected chi connectivity index (χ1v) is 8.70. The van der Waals surface area contributed by atoms with Crippen molar-refractivity contribution in [2.24, 2.45) is 5.92 Å². The molecule has 0 bridgehead atoms. The summed E-state index contributed by atoms with van der Waals surface area (Å²) in [5.41, 5.74) is 0. The van der Waals surface area contributed by atoms with Gasteiger partial charge in [0.2, 0.25) is 0 Å². The van der Waals surface area contributed by atoms with E-state index in [-0.39, 0.29) is 0 Å². The zero-order valence-corrected chi connectivity index (χ0v) is 13.8. The zero-order valence-electron chi connectivity index (χ0n) is 13.0. The standard InChI is InChI=1S/C16H26N2O2S/c1-19-8-7-17-11-14-15(12-17)18(6-5-16(14)20-2)10-13-4-3-9-21-13/h3-4,9,14-16H,5-8,10-12H2,1-2H3/t14-,15+,16-/m1/s1. The van der Waals surface area contributed by atoms with Crippen LogP contribution in [-0.4, -0.2) is 69.0 Å². The third-order valence-corrected chi connectivity index (χ3v) is 5.77. The molecule has 2 fully saturated rings. The molecule has 2 aliphatic rings. The van der Waals surface area contributed by atoms with Crippen LogP contribution in [0, 0.1) is 5.92 Å². The SMILES string of the molecule is COCCN1C[C@H]2[C@H](OC)CCN(Cc3cccs3)[C@H]2C1. The summed E-state index contributed by atoms with van der Waals surface area (Å²) in [6, 6.07) is 5.03. The molecule has 2 aliphatic heterocycles. The lowest BCUT2D eigenvalue weighted by atomic mass is 9.89. The molecule has 2 saturated heterocycles. The van der Waals surface area contributed by atoms with Crippen LogP contribution in [0.4, 0.5) is 0 Å². The van der Waals surface area contributed by atoms with Crippen molar-refractivity contribution in [3.63, 3.8) is 0 Å². The van der Waals surface area contributed by atoms with E-state index in [1.165, 1.54) is 4.88 Å². The van der Waals surface area contributed by atoms with Gasteiger partial charge < -0.3 is 9.47 Å². The summed E-state index contributed by atoms with van der Waals surface area (Å²) in [5, 5.41) is 2.17. The Labute approximate surface area is 131 Å². The Bertz CT molecular complexity index is 426. The molecule has 0 spiro atoms. The van der Waals surface area contributed by atoms with Gasteiger partial charge in [-0.1, -0.05) is 6.07 Å². The number of nitrogens with zero attached hydrogens (tertiary/aromatic N) is 2. The first-order chi connectivity index (χ1) is 10.3. The fourth-order valence-electron chi connectivity index (χ4n) is 3.81. The minimum absolute atomic E-state index is 0.419. The normalized spacial score (nSPS) is 30.7. The summed E-state index contributed by atoms with van der Waals surface area (Å²) in [5.74, 6) is 0.639. The molecular weight excluding hydrogens is 284 g/mol. The maximum Gasteiger partial charge on any atom is 0.0639 e. The van der Waals surface area contributed by atoms with Crippen molar-refractivity contribution in [2.45, 2.75) is 25.1 Å². The van der Waals surface area contributed by atoms with Crippen LogP contribution in [0.1, 0.15) is 11.3 Å². The van der Waals surface area contributed by atoms with Crippen LogP contribution in [0.3, 0.4) is 0 Å². The molecule has 0 amide bonds. The van der Waals surface area contributed by atoms with E-state index < -0.39 is 0 Å². The van der Waals surface area contributed by atoms with Gasteiger partial charge in [0.15, 0.2) is 0 Å². The van der Waals surface area contributed by atoms with Crippen LogP contribution >= 0.6 is 11.3 Å². The Balaban J connectivity index is 1.66. The van der Waals surface area contributed by atoms with Crippen LogP contribution in [0.25, 0.3) is 0 Å². The van der Waals surface area contributed by atoms with Crippen molar-refractivity contribution >= 4 is 11.3 Å². The van der Waals surface area contributed by atoms with Crippen molar-refractivity contribution in [3.8, 4) is 0 Å². The maximum atomic E-state index is 5.76. The second kappa shape index (κ2) is 7.20. The Hall–Kier alpha value is -0.460. The highest BCUT2D eigenvalue weighted by molar-refractivity contribution is 7.09. The van der Waals surface area contributed by atoms with Crippen molar-refractivity contribution in [1.29, 1.82) is 0 Å². The first kappa shape index (κ1) is 15.4. The molecule has 118 valence electrons. The number of thiophene rings is 1. The molecule has 0 radical (unpaired) electrons. The van der Waals surface area contributed by atoms with Crippen molar-refractivity contribution in [1.82, 2.24) is 9.80 Å². The molecule has 1 aromatic rings. The van der Waals surface area contributed by atoms with E-state index in [1.807, 2.05) is 18.4 Å². The summed E-state index contributed by atoms with van der Waals surface area (Å²) in [6.45, 7) is 6.39. The fourth-order valence-corrected chi connectivity index (χ4v) is 4.54. The molecule has 0 saturated carbocycles. The van der Waals surface area contributed by atoms with Gasteiger partial charge in [-0.2, -0.15) is 0 Å². The summed E-state index contributed by atoms with van der Waals surface area (Å²) in [4.78, 5) is 6.68. The highest BCUT2D eigenvalue weighted by atomic mass is 32.1. The van der Waals surface area contributed by atoms with Crippen LogP contribution in [0.5, 0.6) is 0 Å². The number of fused-ring (bicyclic) bond motifs is 1. The second-order valence-electron chi connectivity index (χ2n) is 6.10. The fraction of sp³-hybridized carbons (Fsp3) is 0.750. The molecular formula is C16H26N2O2S. The molecule has 0 unspecified atom stereocenters. The van der Waals surface area contributed by atoms with Gasteiger partial charge in [0.05, 0.1) is 12.7 Å². The third-order valence-electron chi connectivity index (χ3n) is 4.91. The number of likely N-dealkylation sites (tertiary alicyclic amines) is 2. The molecule has 3 heterocycles. The van der Waals surface area contributed by atoms with Gasteiger partial charge in [-0.05, 0) is 17.9 Å². The summed E-state index contributed by atoms with van der Waals surface area (Å²) < 4.78 is 11.0. The van der Waals surface area contributed by atoms with E-state index in [9.17, 15) is 0 Å². The van der Waals surface area contributed by atoms with Crippen LogP contribution in [0.15, 0.2) is 17.5 Å². The average molecular weight is 310 g/mol. The molecule has 0 aromatic carbocycles. The minimum atomic E-state index is 0.419. The Morgan fingerprint density at radius 2 is 2.24 bits per heavy atom. The molecule has 3 rings (SSSR count). The summed E-state index contributed by atoms with van der Waals surface area (Å²) >= 11 is 1.87. The lowest BCUT2D eigenvalue weighted by molar-refractivity contribution is -0.0242. The molecule has 1 aromatic heterocycles. The van der Waals surface area contributed by atoms with E-state index in [1.54, 1.807) is 7.11 Å². The molecule has 5 heteroatoms. The third kappa shape index (κ3) is 3.48. The van der Waals surface area contributed by atoms with Gasteiger partial charge in [-0.25, -0.2) is 0 Å². The largest absolute Gasteiger partial charge is 0.383 e. The maximum absolute atomic E-state index is 5.76.